The molecule has 51 heavy (non-hydrogen) atoms. The molecule has 0 amide bonds. The summed E-state index contributed by atoms with van der Waals surface area (Å²) in [5.74, 6) is 0. The Bertz CT molecular complexity index is 3000. The molecule has 3 nitrogen and oxygen atoms in total. The highest BCUT2D eigenvalue weighted by Gasteiger charge is 2.27. The molecule has 3 aromatic heterocycles. The first-order valence-corrected chi connectivity index (χ1v) is 19.0. The van der Waals surface area contributed by atoms with E-state index in [2.05, 4.69) is 162 Å². The van der Waals surface area contributed by atoms with Gasteiger partial charge in [-0.1, -0.05) is 115 Å². The lowest BCUT2D eigenvalue weighted by Gasteiger charge is -2.33. The van der Waals surface area contributed by atoms with Crippen LogP contribution in [-0.4, -0.2) is 0 Å². The normalized spacial score (nSPS) is 16.4. The zero-order valence-corrected chi connectivity index (χ0v) is 29.0. The molecule has 7 aromatic carbocycles. The summed E-state index contributed by atoms with van der Waals surface area (Å²) in [6, 6.07) is 54.7. The third-order valence-corrected chi connectivity index (χ3v) is 12.7. The van der Waals surface area contributed by atoms with Gasteiger partial charge in [0, 0.05) is 62.4 Å². The number of thiophene rings is 2. The summed E-state index contributed by atoms with van der Waals surface area (Å²) in [6.07, 6.45) is 2.27. The van der Waals surface area contributed by atoms with E-state index in [9.17, 15) is 0 Å². The second-order valence-electron chi connectivity index (χ2n) is 13.3. The summed E-state index contributed by atoms with van der Waals surface area (Å²) in [5, 5.41) is 15.4. The maximum atomic E-state index is 6.32. The summed E-state index contributed by atoms with van der Waals surface area (Å²) in [7, 11) is 0. The number of rotatable bonds is 4. The van der Waals surface area contributed by atoms with Gasteiger partial charge in [0.15, 0.2) is 0 Å². The van der Waals surface area contributed by atoms with E-state index in [1.54, 1.807) is 0 Å². The molecular weight excluding hydrogens is 661 g/mol. The zero-order chi connectivity index (χ0) is 33.5. The van der Waals surface area contributed by atoms with E-state index in [1.165, 1.54) is 68.2 Å². The summed E-state index contributed by atoms with van der Waals surface area (Å²) in [6.45, 7) is 0. The quantitative estimate of drug-likeness (QED) is 0.193. The lowest BCUT2D eigenvalue weighted by molar-refractivity contribution is 0.444. The van der Waals surface area contributed by atoms with Crippen LogP contribution in [0.4, 0.5) is 0 Å². The molecule has 0 bridgehead atoms. The van der Waals surface area contributed by atoms with Crippen molar-refractivity contribution in [1.82, 2.24) is 10.6 Å². The Morgan fingerprint density at radius 2 is 1.24 bits per heavy atom. The van der Waals surface area contributed by atoms with Crippen molar-refractivity contribution in [2.24, 2.45) is 0 Å². The van der Waals surface area contributed by atoms with Gasteiger partial charge in [0.25, 0.3) is 0 Å². The number of furan rings is 1. The Morgan fingerprint density at radius 1 is 0.510 bits per heavy atom. The second kappa shape index (κ2) is 11.4. The van der Waals surface area contributed by atoms with Crippen LogP contribution in [0, 0.1) is 0 Å². The lowest BCUT2D eigenvalue weighted by atomic mass is 9.94. The largest absolute Gasteiger partial charge is 0.456 e. The average molecular weight is 691 g/mol. The van der Waals surface area contributed by atoms with Crippen LogP contribution >= 0.6 is 22.7 Å². The highest BCUT2D eigenvalue weighted by Crippen LogP contribution is 2.46. The fourth-order valence-corrected chi connectivity index (χ4v) is 10.4. The topological polar surface area (TPSA) is 37.2 Å². The van der Waals surface area contributed by atoms with Gasteiger partial charge in [0.05, 0.1) is 6.04 Å². The first kappa shape index (κ1) is 29.1. The number of hydrogen-bond donors (Lipinski definition) is 2. The maximum Gasteiger partial charge on any atom is 0.135 e. The van der Waals surface area contributed by atoms with Crippen LogP contribution in [0.2, 0.25) is 0 Å². The van der Waals surface area contributed by atoms with Crippen molar-refractivity contribution < 1.29 is 4.42 Å². The molecule has 2 N–H and O–H groups in total. The van der Waals surface area contributed by atoms with Gasteiger partial charge in [-0.15, -0.1) is 22.7 Å². The molecule has 1 aliphatic heterocycles. The Hall–Kier alpha value is -5.72. The van der Waals surface area contributed by atoms with Gasteiger partial charge >= 0.3 is 0 Å². The Morgan fingerprint density at radius 3 is 2.18 bits per heavy atom. The third kappa shape index (κ3) is 4.59. The van der Waals surface area contributed by atoms with Crippen LogP contribution in [-0.2, 0) is 0 Å². The smallest absolute Gasteiger partial charge is 0.135 e. The minimum absolute atomic E-state index is 0.0489. The summed E-state index contributed by atoms with van der Waals surface area (Å²) in [5.41, 5.74) is 9.10. The van der Waals surface area contributed by atoms with E-state index in [-0.39, 0.29) is 12.2 Å². The third-order valence-electron chi connectivity index (χ3n) is 10.4. The van der Waals surface area contributed by atoms with Gasteiger partial charge < -0.3 is 9.73 Å². The molecule has 0 fully saturated rings. The summed E-state index contributed by atoms with van der Waals surface area (Å²) in [4.78, 5) is 0. The number of benzene rings is 7. The van der Waals surface area contributed by atoms with Crippen molar-refractivity contribution in [2.45, 2.75) is 12.2 Å². The number of fused-ring (bicyclic) bond motifs is 9. The molecule has 4 heterocycles. The van der Waals surface area contributed by atoms with Crippen LogP contribution in [0.15, 0.2) is 162 Å². The first-order chi connectivity index (χ1) is 25.3. The monoisotopic (exact) mass is 690 g/mol. The molecule has 242 valence electrons. The Balaban J connectivity index is 1.10. The lowest BCUT2D eigenvalue weighted by Crippen LogP contribution is -2.39. The second-order valence-corrected chi connectivity index (χ2v) is 15.4. The Labute approximate surface area is 302 Å². The predicted octanol–water partition coefficient (Wildman–Crippen LogP) is 13.0. The van der Waals surface area contributed by atoms with Crippen molar-refractivity contribution in [1.29, 1.82) is 0 Å². The van der Waals surface area contributed by atoms with Crippen LogP contribution in [0.1, 0.15) is 28.9 Å². The van der Waals surface area contributed by atoms with E-state index in [0.29, 0.717) is 0 Å². The van der Waals surface area contributed by atoms with Gasteiger partial charge in [-0.2, -0.15) is 0 Å². The summed E-state index contributed by atoms with van der Waals surface area (Å²) >= 11 is 3.77. The van der Waals surface area contributed by atoms with Crippen LogP contribution < -0.4 is 10.6 Å². The van der Waals surface area contributed by atoms with Gasteiger partial charge in [-0.3, -0.25) is 5.32 Å². The van der Waals surface area contributed by atoms with Gasteiger partial charge in [0.2, 0.25) is 0 Å². The maximum absolute atomic E-state index is 6.32. The van der Waals surface area contributed by atoms with Crippen LogP contribution in [0.25, 0.3) is 79.1 Å². The van der Waals surface area contributed by atoms with Crippen molar-refractivity contribution in [3.63, 3.8) is 0 Å². The van der Waals surface area contributed by atoms with Crippen molar-refractivity contribution in [3.8, 4) is 11.1 Å². The molecule has 11 rings (SSSR count). The van der Waals surface area contributed by atoms with Crippen LogP contribution in [0.5, 0.6) is 0 Å². The van der Waals surface area contributed by atoms with E-state index in [4.69, 9.17) is 4.42 Å². The minimum Gasteiger partial charge on any atom is -0.456 e. The molecule has 1 aliphatic rings. The molecule has 5 heteroatoms. The fourth-order valence-electron chi connectivity index (χ4n) is 8.06. The SMILES string of the molecule is C1=C(c2ccc3sc4cccc(-c5cccc6c5sc5ccccc56)c4c3c2)NC(c2ccccc2)NC1c1cccc2oc3ccccc3c12. The molecule has 0 saturated heterocycles. The van der Waals surface area contributed by atoms with Crippen molar-refractivity contribution in [2.75, 3.05) is 0 Å². The zero-order valence-electron chi connectivity index (χ0n) is 27.4. The van der Waals surface area contributed by atoms with E-state index >= 15 is 0 Å². The highest BCUT2D eigenvalue weighted by molar-refractivity contribution is 7.26. The van der Waals surface area contributed by atoms with Gasteiger partial charge in [-0.05, 0) is 64.7 Å². The van der Waals surface area contributed by atoms with Gasteiger partial charge in [-0.25, -0.2) is 0 Å². The van der Waals surface area contributed by atoms with E-state index in [0.717, 1.165) is 27.6 Å². The van der Waals surface area contributed by atoms with E-state index in [1.807, 2.05) is 28.7 Å². The molecular formula is C46H30N2OS2. The molecule has 2 atom stereocenters. The van der Waals surface area contributed by atoms with Crippen molar-refractivity contribution >= 4 is 90.7 Å². The minimum atomic E-state index is -0.0827. The number of nitrogens with one attached hydrogen (secondary N) is 2. The molecule has 0 saturated carbocycles. The molecule has 0 radical (unpaired) electrons. The predicted molar refractivity (Wildman–Crippen MR) is 218 cm³/mol. The number of para-hydroxylation sites is 1. The first-order valence-electron chi connectivity index (χ1n) is 17.3. The molecule has 2 unspecified atom stereocenters. The van der Waals surface area contributed by atoms with Crippen LogP contribution in [0.3, 0.4) is 0 Å². The molecule has 0 aliphatic carbocycles. The van der Waals surface area contributed by atoms with E-state index < -0.39 is 0 Å². The Kier molecular flexibility index (Phi) is 6.50. The molecule has 10 aromatic rings. The standard InChI is InChI=1S/C46H30N2OS2/c1-2-11-27(12-3-1)46-47-36(26-37(48-46)33-18-9-20-39-43(33)34-14-4-6-19-38(34)49-39)28-23-24-41-35(25-28)44-30(15-10-22-42(44)50-41)32-17-8-16-31-29-13-5-7-21-40(29)51-45(31)32/h1-26,37,46-48H. The van der Waals surface area contributed by atoms with Crippen molar-refractivity contribution in [3.05, 3.63) is 174 Å². The average Bonchev–Trinajstić information content (AvgIpc) is 3.89. The fraction of sp³-hybridized carbons (Fsp3) is 0.0435. The summed E-state index contributed by atoms with van der Waals surface area (Å²) < 4.78 is 11.6. The highest BCUT2D eigenvalue weighted by atomic mass is 32.1. The number of hydrogen-bond acceptors (Lipinski definition) is 5. The van der Waals surface area contributed by atoms with Gasteiger partial charge in [0.1, 0.15) is 17.3 Å². The molecule has 0 spiro atoms.